The molecule has 0 radical (unpaired) electrons. The molecular formula is C20H23NO3S. The smallest absolute Gasteiger partial charge is 0.253 e. The molecule has 1 fully saturated rings. The second kappa shape index (κ2) is 7.00. The van der Waals surface area contributed by atoms with E-state index in [0.29, 0.717) is 17.4 Å². The van der Waals surface area contributed by atoms with Gasteiger partial charge in [-0.3, -0.25) is 4.79 Å². The molecule has 1 amide bonds. The van der Waals surface area contributed by atoms with Crippen molar-refractivity contribution in [2.24, 2.45) is 11.8 Å². The Balaban J connectivity index is 1.82. The molecule has 0 N–H and O–H groups in total. The van der Waals surface area contributed by atoms with Crippen molar-refractivity contribution in [1.29, 1.82) is 0 Å². The van der Waals surface area contributed by atoms with Crippen molar-refractivity contribution in [2.75, 3.05) is 13.1 Å². The fourth-order valence-electron chi connectivity index (χ4n) is 3.52. The fraction of sp³-hybridized carbons (Fsp3) is 0.350. The van der Waals surface area contributed by atoms with Crippen LogP contribution in [0.5, 0.6) is 0 Å². The van der Waals surface area contributed by atoms with E-state index < -0.39 is 9.84 Å². The summed E-state index contributed by atoms with van der Waals surface area (Å²) >= 11 is 0. The van der Waals surface area contributed by atoms with Crippen molar-refractivity contribution >= 4 is 15.7 Å². The lowest BCUT2D eigenvalue weighted by Gasteiger charge is -2.35. The number of amides is 1. The summed E-state index contributed by atoms with van der Waals surface area (Å²) in [4.78, 5) is 15.0. The molecule has 2 aromatic rings. The zero-order valence-corrected chi connectivity index (χ0v) is 15.4. The van der Waals surface area contributed by atoms with Gasteiger partial charge in [-0.05, 0) is 54.7 Å². The first-order valence-corrected chi connectivity index (χ1v) is 10.1. The van der Waals surface area contributed by atoms with E-state index in [1.807, 2.05) is 4.90 Å². The summed E-state index contributed by atoms with van der Waals surface area (Å²) < 4.78 is 25.2. The zero-order chi connectivity index (χ0) is 18.0. The van der Waals surface area contributed by atoms with Gasteiger partial charge in [-0.25, -0.2) is 8.42 Å². The highest BCUT2D eigenvalue weighted by molar-refractivity contribution is 7.91. The number of sulfone groups is 1. The molecule has 2 atom stereocenters. The SMILES string of the molecule is C[C@@H]1C[C@H](C)CN(C(=O)c2ccc(S(=O)(=O)c3ccccc3)cc2)C1. The second-order valence-corrected chi connectivity index (χ2v) is 8.95. The first kappa shape index (κ1) is 17.7. The highest BCUT2D eigenvalue weighted by atomic mass is 32.2. The number of likely N-dealkylation sites (tertiary alicyclic amines) is 1. The molecule has 0 aromatic heterocycles. The van der Waals surface area contributed by atoms with E-state index in [-0.39, 0.29) is 15.7 Å². The van der Waals surface area contributed by atoms with E-state index >= 15 is 0 Å². The van der Waals surface area contributed by atoms with Crippen molar-refractivity contribution in [3.63, 3.8) is 0 Å². The van der Waals surface area contributed by atoms with E-state index in [4.69, 9.17) is 0 Å². The van der Waals surface area contributed by atoms with Crippen LogP contribution in [-0.4, -0.2) is 32.3 Å². The van der Waals surface area contributed by atoms with Gasteiger partial charge in [0.15, 0.2) is 0 Å². The Morgan fingerprint density at radius 3 is 1.96 bits per heavy atom. The van der Waals surface area contributed by atoms with Gasteiger partial charge in [0.1, 0.15) is 0 Å². The van der Waals surface area contributed by atoms with Crippen LogP contribution < -0.4 is 0 Å². The molecule has 1 aliphatic rings. The van der Waals surface area contributed by atoms with Crippen LogP contribution in [0, 0.1) is 11.8 Å². The van der Waals surface area contributed by atoms with Gasteiger partial charge in [-0.1, -0.05) is 32.0 Å². The lowest BCUT2D eigenvalue weighted by Crippen LogP contribution is -2.42. The van der Waals surface area contributed by atoms with Crippen molar-refractivity contribution in [3.8, 4) is 0 Å². The number of piperidine rings is 1. The van der Waals surface area contributed by atoms with Crippen LogP contribution in [0.2, 0.25) is 0 Å². The highest BCUT2D eigenvalue weighted by Crippen LogP contribution is 2.24. The highest BCUT2D eigenvalue weighted by Gasteiger charge is 2.26. The van der Waals surface area contributed by atoms with Gasteiger partial charge >= 0.3 is 0 Å². The summed E-state index contributed by atoms with van der Waals surface area (Å²) in [6, 6.07) is 14.6. The average Bonchev–Trinajstić information content (AvgIpc) is 2.61. The summed E-state index contributed by atoms with van der Waals surface area (Å²) in [5.41, 5.74) is 0.535. The Morgan fingerprint density at radius 1 is 0.880 bits per heavy atom. The molecule has 1 aliphatic heterocycles. The summed E-state index contributed by atoms with van der Waals surface area (Å²) in [5.74, 6) is 0.956. The number of carbonyl (C=O) groups excluding carboxylic acids is 1. The van der Waals surface area contributed by atoms with E-state index in [1.165, 1.54) is 12.1 Å². The standard InChI is InChI=1S/C20H23NO3S/c1-15-12-16(2)14-21(13-15)20(22)17-8-10-19(11-9-17)25(23,24)18-6-4-3-5-7-18/h3-11,15-16H,12-14H2,1-2H3/t15-,16+. The second-order valence-electron chi connectivity index (χ2n) is 7.00. The summed E-state index contributed by atoms with van der Waals surface area (Å²) in [6.07, 6.45) is 1.14. The first-order chi connectivity index (χ1) is 11.9. The van der Waals surface area contributed by atoms with E-state index in [0.717, 1.165) is 19.5 Å². The average molecular weight is 357 g/mol. The molecule has 0 unspecified atom stereocenters. The maximum atomic E-state index is 12.7. The largest absolute Gasteiger partial charge is 0.338 e. The molecule has 0 bridgehead atoms. The number of rotatable bonds is 3. The van der Waals surface area contributed by atoms with Crippen molar-refractivity contribution in [1.82, 2.24) is 4.90 Å². The Bertz CT molecular complexity index is 834. The number of carbonyl (C=O) groups is 1. The monoisotopic (exact) mass is 357 g/mol. The van der Waals surface area contributed by atoms with Crippen LogP contribution in [0.15, 0.2) is 64.4 Å². The molecule has 1 heterocycles. The van der Waals surface area contributed by atoms with Crippen LogP contribution in [0.1, 0.15) is 30.6 Å². The lowest BCUT2D eigenvalue weighted by molar-refractivity contribution is 0.0623. The molecule has 0 aliphatic carbocycles. The topological polar surface area (TPSA) is 54.5 Å². The molecule has 2 aromatic carbocycles. The Kier molecular flexibility index (Phi) is 4.95. The summed E-state index contributed by atoms with van der Waals surface area (Å²) in [7, 11) is -3.55. The molecule has 3 rings (SSSR count). The zero-order valence-electron chi connectivity index (χ0n) is 14.6. The van der Waals surface area contributed by atoms with Crippen LogP contribution in [0.3, 0.4) is 0 Å². The van der Waals surface area contributed by atoms with Crippen LogP contribution in [-0.2, 0) is 9.84 Å². The normalized spacial score (nSPS) is 21.1. The molecular weight excluding hydrogens is 334 g/mol. The van der Waals surface area contributed by atoms with Gasteiger partial charge in [0, 0.05) is 18.7 Å². The third kappa shape index (κ3) is 3.76. The Hall–Kier alpha value is -2.14. The molecule has 132 valence electrons. The minimum atomic E-state index is -3.55. The van der Waals surface area contributed by atoms with Crippen LogP contribution >= 0.6 is 0 Å². The van der Waals surface area contributed by atoms with E-state index in [1.54, 1.807) is 42.5 Å². The third-order valence-electron chi connectivity index (χ3n) is 4.62. The minimum Gasteiger partial charge on any atom is -0.338 e. The van der Waals surface area contributed by atoms with Crippen LogP contribution in [0.25, 0.3) is 0 Å². The molecule has 0 spiro atoms. The molecule has 4 nitrogen and oxygen atoms in total. The van der Waals surface area contributed by atoms with Gasteiger partial charge in [0.25, 0.3) is 5.91 Å². The maximum absolute atomic E-state index is 12.7. The van der Waals surface area contributed by atoms with Crippen molar-refractivity contribution < 1.29 is 13.2 Å². The molecule has 0 saturated carbocycles. The number of hydrogen-bond acceptors (Lipinski definition) is 3. The van der Waals surface area contributed by atoms with Gasteiger partial charge in [0.05, 0.1) is 9.79 Å². The predicted molar refractivity (Wildman–Crippen MR) is 97.2 cm³/mol. The lowest BCUT2D eigenvalue weighted by atomic mass is 9.91. The molecule has 1 saturated heterocycles. The fourth-order valence-corrected chi connectivity index (χ4v) is 4.81. The number of nitrogens with zero attached hydrogens (tertiary/aromatic N) is 1. The van der Waals surface area contributed by atoms with Gasteiger partial charge in [-0.15, -0.1) is 0 Å². The van der Waals surface area contributed by atoms with Crippen molar-refractivity contribution in [3.05, 3.63) is 60.2 Å². The third-order valence-corrected chi connectivity index (χ3v) is 6.41. The van der Waals surface area contributed by atoms with E-state index in [9.17, 15) is 13.2 Å². The molecule has 5 heteroatoms. The minimum absolute atomic E-state index is 0.0259. The predicted octanol–water partition coefficient (Wildman–Crippen LogP) is 3.64. The van der Waals surface area contributed by atoms with Crippen molar-refractivity contribution in [2.45, 2.75) is 30.1 Å². The molecule has 25 heavy (non-hydrogen) atoms. The van der Waals surface area contributed by atoms with E-state index in [2.05, 4.69) is 13.8 Å². The van der Waals surface area contributed by atoms with Crippen LogP contribution in [0.4, 0.5) is 0 Å². The quantitative estimate of drug-likeness (QED) is 0.843. The number of benzene rings is 2. The summed E-state index contributed by atoms with van der Waals surface area (Å²) in [6.45, 7) is 5.83. The summed E-state index contributed by atoms with van der Waals surface area (Å²) in [5, 5.41) is 0. The van der Waals surface area contributed by atoms with Gasteiger partial charge in [0.2, 0.25) is 9.84 Å². The van der Waals surface area contributed by atoms with Gasteiger partial charge < -0.3 is 4.90 Å². The van der Waals surface area contributed by atoms with Gasteiger partial charge in [-0.2, -0.15) is 0 Å². The first-order valence-electron chi connectivity index (χ1n) is 8.57. The number of hydrogen-bond donors (Lipinski definition) is 0. The Labute approximate surface area is 149 Å². The maximum Gasteiger partial charge on any atom is 0.253 e. The Morgan fingerprint density at radius 2 is 1.40 bits per heavy atom.